The zero-order chi connectivity index (χ0) is 10.1. The third-order valence-electron chi connectivity index (χ3n) is 1.50. The summed E-state index contributed by atoms with van der Waals surface area (Å²) in [6.45, 7) is 6.41. The SMILES string of the molecule is CC(C)(C)Nc1ccc(N)cc1I. The van der Waals surface area contributed by atoms with Crippen molar-refractivity contribution in [2.24, 2.45) is 0 Å². The molecular formula is C10H15IN2. The lowest BCUT2D eigenvalue weighted by atomic mass is 10.1. The molecule has 1 aromatic carbocycles. The fourth-order valence-electron chi connectivity index (χ4n) is 1.04. The minimum Gasteiger partial charge on any atom is -0.399 e. The Morgan fingerprint density at radius 1 is 1.31 bits per heavy atom. The maximum atomic E-state index is 5.66. The quantitative estimate of drug-likeness (QED) is 0.616. The number of hydrogen-bond donors (Lipinski definition) is 2. The molecule has 0 unspecified atom stereocenters. The summed E-state index contributed by atoms with van der Waals surface area (Å²) >= 11 is 2.28. The van der Waals surface area contributed by atoms with Gasteiger partial charge < -0.3 is 11.1 Å². The highest BCUT2D eigenvalue weighted by Crippen LogP contribution is 2.23. The van der Waals surface area contributed by atoms with E-state index in [-0.39, 0.29) is 5.54 Å². The van der Waals surface area contributed by atoms with E-state index in [1.807, 2.05) is 18.2 Å². The summed E-state index contributed by atoms with van der Waals surface area (Å²) in [5, 5.41) is 3.41. The summed E-state index contributed by atoms with van der Waals surface area (Å²) in [5.74, 6) is 0. The minimum absolute atomic E-state index is 0.0933. The van der Waals surface area contributed by atoms with Crippen LogP contribution >= 0.6 is 22.6 Å². The largest absolute Gasteiger partial charge is 0.399 e. The van der Waals surface area contributed by atoms with Crippen molar-refractivity contribution < 1.29 is 0 Å². The Hall–Kier alpha value is -0.450. The van der Waals surface area contributed by atoms with Crippen LogP contribution in [0.2, 0.25) is 0 Å². The van der Waals surface area contributed by atoms with Crippen LogP contribution in [0.1, 0.15) is 20.8 Å². The molecule has 0 aliphatic heterocycles. The molecule has 0 fully saturated rings. The number of nitrogens with two attached hydrogens (primary N) is 1. The average molecular weight is 290 g/mol. The summed E-state index contributed by atoms with van der Waals surface area (Å²) in [5.41, 5.74) is 7.70. The normalized spacial score (nSPS) is 11.4. The smallest absolute Gasteiger partial charge is 0.0481 e. The third-order valence-corrected chi connectivity index (χ3v) is 2.40. The van der Waals surface area contributed by atoms with E-state index in [2.05, 4.69) is 48.7 Å². The Bertz CT molecular complexity index is 302. The fraction of sp³-hybridized carbons (Fsp3) is 0.400. The van der Waals surface area contributed by atoms with Crippen LogP contribution < -0.4 is 11.1 Å². The van der Waals surface area contributed by atoms with Gasteiger partial charge in [-0.15, -0.1) is 0 Å². The van der Waals surface area contributed by atoms with Crippen LogP contribution in [-0.4, -0.2) is 5.54 Å². The molecule has 0 heterocycles. The molecule has 0 atom stereocenters. The van der Waals surface area contributed by atoms with Crippen molar-refractivity contribution in [3.05, 3.63) is 21.8 Å². The van der Waals surface area contributed by atoms with Crippen LogP contribution in [0.3, 0.4) is 0 Å². The highest BCUT2D eigenvalue weighted by molar-refractivity contribution is 14.1. The van der Waals surface area contributed by atoms with Gasteiger partial charge in [-0.25, -0.2) is 0 Å². The lowest BCUT2D eigenvalue weighted by Gasteiger charge is -2.23. The van der Waals surface area contributed by atoms with Gasteiger partial charge in [0.2, 0.25) is 0 Å². The van der Waals surface area contributed by atoms with Crippen molar-refractivity contribution in [3.8, 4) is 0 Å². The summed E-state index contributed by atoms with van der Waals surface area (Å²) in [6.07, 6.45) is 0. The zero-order valence-corrected chi connectivity index (χ0v) is 10.3. The lowest BCUT2D eigenvalue weighted by molar-refractivity contribution is 0.633. The van der Waals surface area contributed by atoms with E-state index >= 15 is 0 Å². The number of hydrogen-bond acceptors (Lipinski definition) is 2. The van der Waals surface area contributed by atoms with Crippen molar-refractivity contribution in [1.29, 1.82) is 0 Å². The first-order valence-electron chi connectivity index (χ1n) is 4.22. The van der Waals surface area contributed by atoms with Crippen LogP contribution in [0.4, 0.5) is 11.4 Å². The van der Waals surface area contributed by atoms with E-state index < -0.39 is 0 Å². The topological polar surface area (TPSA) is 38.0 Å². The molecule has 0 aromatic heterocycles. The maximum absolute atomic E-state index is 5.66. The Balaban J connectivity index is 2.90. The molecule has 0 spiro atoms. The van der Waals surface area contributed by atoms with E-state index in [0.717, 1.165) is 14.9 Å². The van der Waals surface area contributed by atoms with Crippen molar-refractivity contribution in [2.75, 3.05) is 11.1 Å². The Morgan fingerprint density at radius 3 is 2.38 bits per heavy atom. The Morgan fingerprint density at radius 2 is 1.92 bits per heavy atom. The summed E-state index contributed by atoms with van der Waals surface area (Å²) in [6, 6.07) is 5.90. The minimum atomic E-state index is 0.0933. The second-order valence-corrected chi connectivity index (χ2v) is 5.28. The van der Waals surface area contributed by atoms with E-state index in [1.54, 1.807) is 0 Å². The summed E-state index contributed by atoms with van der Waals surface area (Å²) in [7, 11) is 0. The summed E-state index contributed by atoms with van der Waals surface area (Å²) in [4.78, 5) is 0. The van der Waals surface area contributed by atoms with Gasteiger partial charge in [-0.3, -0.25) is 0 Å². The molecule has 0 amide bonds. The zero-order valence-electron chi connectivity index (χ0n) is 8.19. The van der Waals surface area contributed by atoms with Crippen molar-refractivity contribution in [2.45, 2.75) is 26.3 Å². The molecule has 2 nitrogen and oxygen atoms in total. The highest BCUT2D eigenvalue weighted by atomic mass is 127. The molecule has 0 saturated carbocycles. The van der Waals surface area contributed by atoms with E-state index in [4.69, 9.17) is 5.73 Å². The molecule has 3 N–H and O–H groups in total. The molecule has 1 rings (SSSR count). The van der Waals surface area contributed by atoms with Crippen molar-refractivity contribution in [3.63, 3.8) is 0 Å². The average Bonchev–Trinajstić information content (AvgIpc) is 1.93. The summed E-state index contributed by atoms with van der Waals surface area (Å²) < 4.78 is 1.16. The Labute approximate surface area is 93.0 Å². The van der Waals surface area contributed by atoms with Gasteiger partial charge in [-0.2, -0.15) is 0 Å². The van der Waals surface area contributed by atoms with Crippen LogP contribution in [-0.2, 0) is 0 Å². The number of halogens is 1. The predicted molar refractivity (Wildman–Crippen MR) is 66.9 cm³/mol. The van der Waals surface area contributed by atoms with Gasteiger partial charge >= 0.3 is 0 Å². The van der Waals surface area contributed by atoms with E-state index in [0.29, 0.717) is 0 Å². The van der Waals surface area contributed by atoms with Crippen molar-refractivity contribution in [1.82, 2.24) is 0 Å². The molecule has 0 radical (unpaired) electrons. The first-order valence-corrected chi connectivity index (χ1v) is 5.29. The number of nitrogen functional groups attached to an aromatic ring is 1. The molecule has 0 saturated heterocycles. The first-order chi connectivity index (χ1) is 5.88. The number of anilines is 2. The van der Waals surface area contributed by atoms with Gasteiger partial charge in [0.15, 0.2) is 0 Å². The molecule has 0 aliphatic carbocycles. The predicted octanol–water partition coefficient (Wildman–Crippen LogP) is 3.08. The molecule has 0 bridgehead atoms. The molecule has 3 heteroatoms. The number of nitrogens with one attached hydrogen (secondary N) is 1. The molecule has 0 aliphatic rings. The van der Waals surface area contributed by atoms with E-state index in [1.165, 1.54) is 0 Å². The third kappa shape index (κ3) is 3.42. The fourth-order valence-corrected chi connectivity index (χ4v) is 1.71. The first kappa shape index (κ1) is 10.6. The Kier molecular flexibility index (Phi) is 3.05. The number of benzene rings is 1. The van der Waals surface area contributed by atoms with Crippen molar-refractivity contribution >= 4 is 34.0 Å². The highest BCUT2D eigenvalue weighted by Gasteiger charge is 2.10. The molecule has 1 aromatic rings. The van der Waals surface area contributed by atoms with Crippen LogP contribution in [0.25, 0.3) is 0 Å². The monoisotopic (exact) mass is 290 g/mol. The second-order valence-electron chi connectivity index (χ2n) is 4.11. The maximum Gasteiger partial charge on any atom is 0.0481 e. The van der Waals surface area contributed by atoms with E-state index in [9.17, 15) is 0 Å². The molecule has 72 valence electrons. The molecular weight excluding hydrogens is 275 g/mol. The standard InChI is InChI=1S/C10H15IN2/c1-10(2,3)13-9-5-4-7(12)6-8(9)11/h4-6,13H,12H2,1-3H3. The van der Waals surface area contributed by atoms with Gasteiger partial charge in [0.25, 0.3) is 0 Å². The lowest BCUT2D eigenvalue weighted by Crippen LogP contribution is -2.26. The van der Waals surface area contributed by atoms with Crippen LogP contribution in [0.5, 0.6) is 0 Å². The van der Waals surface area contributed by atoms with Crippen LogP contribution in [0.15, 0.2) is 18.2 Å². The van der Waals surface area contributed by atoms with Crippen LogP contribution in [0, 0.1) is 3.57 Å². The van der Waals surface area contributed by atoms with Gasteiger partial charge in [0, 0.05) is 20.5 Å². The van der Waals surface area contributed by atoms with Gasteiger partial charge in [-0.1, -0.05) is 0 Å². The molecule has 13 heavy (non-hydrogen) atoms. The second kappa shape index (κ2) is 3.74. The van der Waals surface area contributed by atoms with Gasteiger partial charge in [0.1, 0.15) is 0 Å². The van der Waals surface area contributed by atoms with Gasteiger partial charge in [0.05, 0.1) is 0 Å². The number of rotatable bonds is 1. The van der Waals surface area contributed by atoms with Gasteiger partial charge in [-0.05, 0) is 61.6 Å².